The van der Waals surface area contributed by atoms with Crippen molar-refractivity contribution in [2.45, 2.75) is 25.8 Å². The number of piperazine rings is 1. The monoisotopic (exact) mass is 273 g/mol. The van der Waals surface area contributed by atoms with Crippen molar-refractivity contribution < 1.29 is 0 Å². The molecule has 0 amide bonds. The number of rotatable bonds is 3. The molecule has 2 aliphatic rings. The van der Waals surface area contributed by atoms with Crippen LogP contribution in [0.4, 0.5) is 5.69 Å². The molecule has 0 spiro atoms. The third-order valence-electron chi connectivity index (χ3n) is 4.74. The Morgan fingerprint density at radius 1 is 1.10 bits per heavy atom. The minimum absolute atomic E-state index is 0.708. The highest BCUT2D eigenvalue weighted by Gasteiger charge is 2.23. The van der Waals surface area contributed by atoms with Crippen molar-refractivity contribution in [3.8, 4) is 0 Å². The van der Waals surface area contributed by atoms with Crippen molar-refractivity contribution >= 4 is 5.69 Å². The molecule has 3 nitrogen and oxygen atoms in total. The third-order valence-corrected chi connectivity index (χ3v) is 4.74. The van der Waals surface area contributed by atoms with Crippen molar-refractivity contribution in [1.82, 2.24) is 10.2 Å². The van der Waals surface area contributed by atoms with Gasteiger partial charge in [0.25, 0.3) is 0 Å². The minimum Gasteiger partial charge on any atom is -0.369 e. The normalized spacial score (nSPS) is 28.6. The smallest absolute Gasteiger partial charge is 0.0367 e. The second kappa shape index (κ2) is 6.59. The van der Waals surface area contributed by atoms with Gasteiger partial charge in [0.15, 0.2) is 0 Å². The van der Waals surface area contributed by atoms with Crippen LogP contribution in [0.1, 0.15) is 19.8 Å². The predicted octanol–water partition coefficient (Wildman–Crippen LogP) is 2.20. The number of benzene rings is 1. The summed E-state index contributed by atoms with van der Waals surface area (Å²) in [5.74, 6) is 0.898. The van der Waals surface area contributed by atoms with Gasteiger partial charge in [0.1, 0.15) is 0 Å². The van der Waals surface area contributed by atoms with Gasteiger partial charge in [-0.15, -0.1) is 0 Å². The molecule has 2 saturated heterocycles. The molecule has 0 aromatic heterocycles. The van der Waals surface area contributed by atoms with Gasteiger partial charge in [-0.2, -0.15) is 0 Å². The molecule has 110 valence electrons. The zero-order valence-corrected chi connectivity index (χ0v) is 12.6. The van der Waals surface area contributed by atoms with Crippen LogP contribution in [-0.4, -0.2) is 50.2 Å². The Bertz CT molecular complexity index is 398. The molecule has 2 atom stereocenters. The molecule has 3 heteroatoms. The molecule has 2 fully saturated rings. The standard InChI is InChI=1S/C17H27N3/c1-15-13-16(7-8-18-15)14-19-9-11-20(12-10-19)17-5-3-2-4-6-17/h2-6,15-16,18H,7-14H2,1H3. The Kier molecular flexibility index (Phi) is 4.58. The number of nitrogens with zero attached hydrogens (tertiary/aromatic N) is 2. The first kappa shape index (κ1) is 13.9. The van der Waals surface area contributed by atoms with Crippen LogP contribution in [0.2, 0.25) is 0 Å². The largest absolute Gasteiger partial charge is 0.369 e. The molecule has 0 radical (unpaired) electrons. The second-order valence-corrected chi connectivity index (χ2v) is 6.37. The number of hydrogen-bond acceptors (Lipinski definition) is 3. The molecule has 2 aliphatic heterocycles. The van der Waals surface area contributed by atoms with Crippen LogP contribution >= 0.6 is 0 Å². The number of nitrogens with one attached hydrogen (secondary N) is 1. The fourth-order valence-corrected chi connectivity index (χ4v) is 3.59. The van der Waals surface area contributed by atoms with Gasteiger partial charge in [-0.25, -0.2) is 0 Å². The van der Waals surface area contributed by atoms with Crippen molar-refractivity contribution in [3.05, 3.63) is 30.3 Å². The lowest BCUT2D eigenvalue weighted by Gasteiger charge is -2.39. The highest BCUT2D eigenvalue weighted by molar-refractivity contribution is 5.46. The zero-order valence-electron chi connectivity index (χ0n) is 12.6. The molecule has 2 heterocycles. The molecular formula is C17H27N3. The van der Waals surface area contributed by atoms with E-state index in [0.717, 1.165) is 5.92 Å². The third kappa shape index (κ3) is 3.53. The molecule has 1 N–H and O–H groups in total. The van der Waals surface area contributed by atoms with E-state index in [0.29, 0.717) is 6.04 Å². The van der Waals surface area contributed by atoms with Crippen LogP contribution in [0.3, 0.4) is 0 Å². The van der Waals surface area contributed by atoms with Gasteiger partial charge in [-0.1, -0.05) is 18.2 Å². The highest BCUT2D eigenvalue weighted by Crippen LogP contribution is 2.20. The molecule has 0 saturated carbocycles. The minimum atomic E-state index is 0.708. The van der Waals surface area contributed by atoms with Gasteiger partial charge < -0.3 is 10.2 Å². The Hall–Kier alpha value is -1.06. The first-order valence-corrected chi connectivity index (χ1v) is 8.07. The SMILES string of the molecule is CC1CC(CN2CCN(c3ccccc3)CC2)CCN1. The molecule has 0 aliphatic carbocycles. The van der Waals surface area contributed by atoms with E-state index in [1.54, 1.807) is 0 Å². The summed E-state index contributed by atoms with van der Waals surface area (Å²) in [4.78, 5) is 5.18. The summed E-state index contributed by atoms with van der Waals surface area (Å²) in [5.41, 5.74) is 1.38. The Balaban J connectivity index is 1.46. The fraction of sp³-hybridized carbons (Fsp3) is 0.647. The maximum Gasteiger partial charge on any atom is 0.0367 e. The molecular weight excluding hydrogens is 246 g/mol. The van der Waals surface area contributed by atoms with E-state index in [1.165, 1.54) is 57.8 Å². The van der Waals surface area contributed by atoms with Crippen molar-refractivity contribution in [3.63, 3.8) is 0 Å². The summed E-state index contributed by atoms with van der Waals surface area (Å²) in [6.45, 7) is 9.60. The summed E-state index contributed by atoms with van der Waals surface area (Å²) in [7, 11) is 0. The quantitative estimate of drug-likeness (QED) is 0.911. The van der Waals surface area contributed by atoms with Gasteiger partial charge in [0, 0.05) is 44.5 Å². The summed E-state index contributed by atoms with van der Waals surface area (Å²) in [6, 6.07) is 11.5. The van der Waals surface area contributed by atoms with E-state index in [-0.39, 0.29) is 0 Å². The Labute approximate surface area is 123 Å². The number of hydrogen-bond donors (Lipinski definition) is 1. The first-order chi connectivity index (χ1) is 9.81. The first-order valence-electron chi connectivity index (χ1n) is 8.07. The summed E-state index contributed by atoms with van der Waals surface area (Å²) in [6.07, 6.45) is 2.70. The van der Waals surface area contributed by atoms with Gasteiger partial charge in [-0.05, 0) is 44.4 Å². The maximum absolute atomic E-state index is 3.55. The zero-order chi connectivity index (χ0) is 13.8. The van der Waals surface area contributed by atoms with Gasteiger partial charge in [0.05, 0.1) is 0 Å². The highest BCUT2D eigenvalue weighted by atomic mass is 15.3. The topological polar surface area (TPSA) is 18.5 Å². The van der Waals surface area contributed by atoms with E-state index < -0.39 is 0 Å². The number of piperidine rings is 1. The lowest BCUT2D eigenvalue weighted by atomic mass is 9.92. The van der Waals surface area contributed by atoms with E-state index in [1.807, 2.05) is 0 Å². The maximum atomic E-state index is 3.55. The molecule has 2 unspecified atom stereocenters. The van der Waals surface area contributed by atoms with Crippen LogP contribution in [0.15, 0.2) is 30.3 Å². The second-order valence-electron chi connectivity index (χ2n) is 6.37. The Morgan fingerprint density at radius 2 is 1.85 bits per heavy atom. The summed E-state index contributed by atoms with van der Waals surface area (Å²) >= 11 is 0. The number of para-hydroxylation sites is 1. The molecule has 3 rings (SSSR count). The van der Waals surface area contributed by atoms with Crippen LogP contribution in [0, 0.1) is 5.92 Å². The van der Waals surface area contributed by atoms with Gasteiger partial charge >= 0.3 is 0 Å². The summed E-state index contributed by atoms with van der Waals surface area (Å²) in [5, 5.41) is 3.55. The lowest BCUT2D eigenvalue weighted by molar-refractivity contribution is 0.184. The van der Waals surface area contributed by atoms with Gasteiger partial charge in [0.2, 0.25) is 0 Å². The predicted molar refractivity (Wildman–Crippen MR) is 85.3 cm³/mol. The lowest BCUT2D eigenvalue weighted by Crippen LogP contribution is -2.49. The van der Waals surface area contributed by atoms with Crippen LogP contribution in [0.5, 0.6) is 0 Å². The van der Waals surface area contributed by atoms with Crippen LogP contribution < -0.4 is 10.2 Å². The van der Waals surface area contributed by atoms with Crippen LogP contribution in [-0.2, 0) is 0 Å². The molecule has 0 bridgehead atoms. The molecule has 1 aromatic carbocycles. The van der Waals surface area contributed by atoms with E-state index in [9.17, 15) is 0 Å². The molecule has 20 heavy (non-hydrogen) atoms. The van der Waals surface area contributed by atoms with E-state index in [2.05, 4.69) is 52.4 Å². The van der Waals surface area contributed by atoms with E-state index in [4.69, 9.17) is 0 Å². The van der Waals surface area contributed by atoms with Gasteiger partial charge in [-0.3, -0.25) is 4.90 Å². The van der Waals surface area contributed by atoms with Crippen LogP contribution in [0.25, 0.3) is 0 Å². The fourth-order valence-electron chi connectivity index (χ4n) is 3.59. The van der Waals surface area contributed by atoms with Crippen molar-refractivity contribution in [2.24, 2.45) is 5.92 Å². The number of anilines is 1. The molecule has 1 aromatic rings. The van der Waals surface area contributed by atoms with E-state index >= 15 is 0 Å². The summed E-state index contributed by atoms with van der Waals surface area (Å²) < 4.78 is 0. The Morgan fingerprint density at radius 3 is 2.55 bits per heavy atom. The van der Waals surface area contributed by atoms with Crippen molar-refractivity contribution in [1.29, 1.82) is 0 Å². The average Bonchev–Trinajstić information content (AvgIpc) is 2.49. The van der Waals surface area contributed by atoms with Crippen molar-refractivity contribution in [2.75, 3.05) is 44.2 Å². The average molecular weight is 273 g/mol.